The fraction of sp³-hybridized carbons (Fsp3) is 0.154. The van der Waals surface area contributed by atoms with Crippen LogP contribution in [0.4, 0.5) is 35.3 Å². The zero-order valence-corrected chi connectivity index (χ0v) is 19.8. The number of fused-ring (bicyclic) bond motifs is 1. The first-order valence-electron chi connectivity index (χ1n) is 11.6. The van der Waals surface area contributed by atoms with E-state index in [0.717, 1.165) is 18.1 Å². The number of benzene rings is 2. The number of alkyl halides is 3. The molecule has 1 aliphatic rings. The monoisotopic (exact) mass is 521 g/mol. The van der Waals surface area contributed by atoms with Gasteiger partial charge in [0.15, 0.2) is 0 Å². The molecule has 2 aromatic heterocycles. The molecule has 0 aliphatic carbocycles. The van der Waals surface area contributed by atoms with Crippen LogP contribution >= 0.6 is 0 Å². The second-order valence-electron chi connectivity index (χ2n) is 8.67. The van der Waals surface area contributed by atoms with E-state index < -0.39 is 17.8 Å². The Balaban J connectivity index is 1.31. The van der Waals surface area contributed by atoms with E-state index >= 15 is 0 Å². The minimum atomic E-state index is -4.63. The van der Waals surface area contributed by atoms with Gasteiger partial charge in [0, 0.05) is 24.3 Å². The van der Waals surface area contributed by atoms with Crippen molar-refractivity contribution in [2.75, 3.05) is 17.2 Å². The Bertz CT molecular complexity index is 1500. The first-order valence-corrected chi connectivity index (χ1v) is 11.6. The summed E-state index contributed by atoms with van der Waals surface area (Å²) in [5, 5.41) is 12.2. The van der Waals surface area contributed by atoms with Gasteiger partial charge < -0.3 is 21.3 Å². The van der Waals surface area contributed by atoms with Crippen LogP contribution < -0.4 is 16.4 Å². The van der Waals surface area contributed by atoms with Crippen LogP contribution in [0.2, 0.25) is 0 Å². The van der Waals surface area contributed by atoms with Gasteiger partial charge in [-0.25, -0.2) is 9.78 Å². The Labute approximate surface area is 214 Å². The largest absolute Gasteiger partial charge is 0.433 e. The fourth-order valence-electron chi connectivity index (χ4n) is 4.25. The zero-order chi connectivity index (χ0) is 26.9. The predicted molar refractivity (Wildman–Crippen MR) is 135 cm³/mol. The van der Waals surface area contributed by atoms with E-state index in [-0.39, 0.29) is 28.9 Å². The lowest BCUT2D eigenvalue weighted by Crippen LogP contribution is -2.38. The third-order valence-electron chi connectivity index (χ3n) is 6.13. The number of nitrogens with zero attached hydrogens (tertiary/aromatic N) is 3. The van der Waals surface area contributed by atoms with Crippen molar-refractivity contribution in [3.63, 3.8) is 0 Å². The van der Waals surface area contributed by atoms with E-state index in [0.29, 0.717) is 24.3 Å². The summed E-state index contributed by atoms with van der Waals surface area (Å²) in [5.74, 6) is -0.982. The molecule has 0 bridgehead atoms. The van der Waals surface area contributed by atoms with Crippen molar-refractivity contribution in [2.24, 2.45) is 5.73 Å². The summed E-state index contributed by atoms with van der Waals surface area (Å²) in [6.45, 7) is 1.12. The van der Waals surface area contributed by atoms with Crippen molar-refractivity contribution in [2.45, 2.75) is 19.1 Å². The smallest absolute Gasteiger partial charge is 0.365 e. The summed E-state index contributed by atoms with van der Waals surface area (Å²) in [4.78, 5) is 30.3. The van der Waals surface area contributed by atoms with Gasteiger partial charge in [0.1, 0.15) is 28.6 Å². The average molecular weight is 522 g/mol. The minimum Gasteiger partial charge on any atom is -0.365 e. The molecule has 1 aliphatic heterocycles. The maximum Gasteiger partial charge on any atom is 0.433 e. The number of nitrogens with one attached hydrogen (secondary N) is 3. The number of carbonyl (C=O) groups is 2. The molecule has 0 unspecified atom stereocenters. The normalized spacial score (nSPS) is 13.1. The first-order chi connectivity index (χ1) is 18.2. The number of urea groups is 1. The number of rotatable bonds is 5. The van der Waals surface area contributed by atoms with Gasteiger partial charge in [-0.3, -0.25) is 9.89 Å². The van der Waals surface area contributed by atoms with Crippen LogP contribution in [0.5, 0.6) is 0 Å². The molecule has 38 heavy (non-hydrogen) atoms. The molecule has 3 amide bonds. The second kappa shape index (κ2) is 9.88. The first kappa shape index (κ1) is 24.8. The van der Waals surface area contributed by atoms with Crippen molar-refractivity contribution < 1.29 is 22.8 Å². The van der Waals surface area contributed by atoms with E-state index in [2.05, 4.69) is 31.9 Å². The molecule has 12 heteroatoms. The summed E-state index contributed by atoms with van der Waals surface area (Å²) < 4.78 is 39.0. The van der Waals surface area contributed by atoms with Crippen molar-refractivity contribution in [1.29, 1.82) is 0 Å². The number of hydrogen-bond donors (Lipinski definition) is 4. The highest BCUT2D eigenvalue weighted by Gasteiger charge is 2.32. The number of hydrogen-bond acceptors (Lipinski definition) is 5. The fourth-order valence-corrected chi connectivity index (χ4v) is 4.25. The lowest BCUT2D eigenvalue weighted by molar-refractivity contribution is -0.141. The maximum absolute atomic E-state index is 13.0. The molecule has 0 radical (unpaired) electrons. The maximum atomic E-state index is 13.0. The van der Waals surface area contributed by atoms with Gasteiger partial charge in [-0.15, -0.1) is 0 Å². The molecule has 0 spiro atoms. The molecule has 2 aromatic carbocycles. The molecule has 4 aromatic rings. The van der Waals surface area contributed by atoms with Gasteiger partial charge in [0.2, 0.25) is 0 Å². The van der Waals surface area contributed by atoms with Crippen LogP contribution in [0, 0.1) is 0 Å². The molecule has 5 rings (SSSR count). The van der Waals surface area contributed by atoms with Crippen molar-refractivity contribution >= 4 is 29.3 Å². The summed E-state index contributed by atoms with van der Waals surface area (Å²) in [6.07, 6.45) is -3.84. The standard InChI is InChI=1S/C26H22F3N7O2/c27-26(28,29)19-6-3-7-20(32-19)33-24-21(23(30)37)22(34-35-24)16-8-10-18(11-9-16)31-25(38)36-13-12-15-4-1-2-5-17(15)14-36/h1-11H,12-14H2,(H2,30,37)(H,31,38)(H2,32,33,34,35). The predicted octanol–water partition coefficient (Wildman–Crippen LogP) is 4.92. The lowest BCUT2D eigenvalue weighted by atomic mass is 10.0. The molecule has 0 saturated carbocycles. The second-order valence-corrected chi connectivity index (χ2v) is 8.67. The Kier molecular flexibility index (Phi) is 6.45. The number of pyridine rings is 1. The van der Waals surface area contributed by atoms with Gasteiger partial charge in [0.05, 0.1) is 0 Å². The Morgan fingerprint density at radius 2 is 1.71 bits per heavy atom. The third-order valence-corrected chi connectivity index (χ3v) is 6.13. The van der Waals surface area contributed by atoms with E-state index in [4.69, 9.17) is 5.73 Å². The molecule has 194 valence electrons. The lowest BCUT2D eigenvalue weighted by Gasteiger charge is -2.29. The minimum absolute atomic E-state index is 0.00193. The number of nitrogens with two attached hydrogens (primary N) is 1. The quantitative estimate of drug-likeness (QED) is 0.296. The summed E-state index contributed by atoms with van der Waals surface area (Å²) in [6, 6.07) is 17.7. The van der Waals surface area contributed by atoms with Crippen LogP contribution in [0.1, 0.15) is 27.2 Å². The molecule has 0 fully saturated rings. The van der Waals surface area contributed by atoms with Crippen LogP contribution in [-0.2, 0) is 19.1 Å². The topological polar surface area (TPSA) is 129 Å². The molecule has 5 N–H and O–H groups in total. The van der Waals surface area contributed by atoms with Gasteiger partial charge >= 0.3 is 12.2 Å². The third kappa shape index (κ3) is 5.14. The van der Waals surface area contributed by atoms with Crippen LogP contribution in [0.15, 0.2) is 66.7 Å². The average Bonchev–Trinajstić information content (AvgIpc) is 3.32. The van der Waals surface area contributed by atoms with Crippen molar-refractivity contribution in [1.82, 2.24) is 20.1 Å². The number of halogens is 3. The highest BCUT2D eigenvalue weighted by Crippen LogP contribution is 2.31. The molecular weight excluding hydrogens is 499 g/mol. The van der Waals surface area contributed by atoms with Crippen molar-refractivity contribution in [3.8, 4) is 11.3 Å². The number of amides is 3. The number of carbonyl (C=O) groups excluding carboxylic acids is 2. The van der Waals surface area contributed by atoms with Crippen LogP contribution in [-0.4, -0.2) is 38.6 Å². The Hall–Kier alpha value is -4.87. The summed E-state index contributed by atoms with van der Waals surface area (Å²) in [5.41, 5.74) is 8.02. The SMILES string of the molecule is NC(=O)c1c(-c2ccc(NC(=O)N3CCc4ccccc4C3)cc2)n[nH]c1Nc1cccc(C(F)(F)F)n1. The number of H-pyrrole nitrogens is 1. The Morgan fingerprint density at radius 3 is 2.42 bits per heavy atom. The van der Waals surface area contributed by atoms with Gasteiger partial charge in [-0.05, 0) is 41.8 Å². The number of primary amides is 1. The van der Waals surface area contributed by atoms with E-state index in [1.165, 1.54) is 17.7 Å². The zero-order valence-electron chi connectivity index (χ0n) is 19.8. The van der Waals surface area contributed by atoms with Crippen LogP contribution in [0.25, 0.3) is 11.3 Å². The number of aromatic amines is 1. The molecular formula is C26H22F3N7O2. The highest BCUT2D eigenvalue weighted by molar-refractivity contribution is 6.04. The van der Waals surface area contributed by atoms with Crippen molar-refractivity contribution in [3.05, 3.63) is 89.1 Å². The molecule has 9 nitrogen and oxygen atoms in total. The molecule has 3 heterocycles. The van der Waals surface area contributed by atoms with E-state index in [9.17, 15) is 22.8 Å². The van der Waals surface area contributed by atoms with Crippen LogP contribution in [0.3, 0.4) is 0 Å². The number of aromatic nitrogens is 3. The van der Waals surface area contributed by atoms with Gasteiger partial charge in [-0.1, -0.05) is 42.5 Å². The molecule has 0 atom stereocenters. The summed E-state index contributed by atoms with van der Waals surface area (Å²) in [7, 11) is 0. The number of anilines is 3. The van der Waals surface area contributed by atoms with Gasteiger partial charge in [0.25, 0.3) is 5.91 Å². The van der Waals surface area contributed by atoms with Gasteiger partial charge in [-0.2, -0.15) is 18.3 Å². The molecule has 0 saturated heterocycles. The van der Waals surface area contributed by atoms with E-state index in [1.54, 1.807) is 29.2 Å². The Morgan fingerprint density at radius 1 is 0.974 bits per heavy atom. The highest BCUT2D eigenvalue weighted by atomic mass is 19.4. The summed E-state index contributed by atoms with van der Waals surface area (Å²) >= 11 is 0. The van der Waals surface area contributed by atoms with E-state index in [1.807, 2.05) is 18.2 Å².